The molecule has 0 fully saturated rings. The lowest BCUT2D eigenvalue weighted by atomic mass is 10.0. The smallest absolute Gasteiger partial charge is 0.326 e. The summed E-state index contributed by atoms with van der Waals surface area (Å²) in [5, 5.41) is 17.8. The van der Waals surface area contributed by atoms with Crippen LogP contribution in [0.15, 0.2) is 30.5 Å². The number of hydrogen-bond donors (Lipinski definition) is 8. The van der Waals surface area contributed by atoms with Gasteiger partial charge in [0.1, 0.15) is 18.1 Å². The van der Waals surface area contributed by atoms with E-state index in [4.69, 9.17) is 5.73 Å². The van der Waals surface area contributed by atoms with E-state index in [0.717, 1.165) is 16.5 Å². The van der Waals surface area contributed by atoms with Crippen molar-refractivity contribution in [3.05, 3.63) is 36.0 Å². The van der Waals surface area contributed by atoms with Gasteiger partial charge >= 0.3 is 5.97 Å². The highest BCUT2D eigenvalue weighted by atomic mass is 32.1. The molecule has 12 heteroatoms. The molecule has 32 heavy (non-hydrogen) atoms. The first kappa shape index (κ1) is 25.6. The number of hydrogen-bond acceptors (Lipinski definition) is 7. The zero-order valence-corrected chi connectivity index (χ0v) is 19.2. The average Bonchev–Trinajstić information content (AvgIpc) is 3.17. The van der Waals surface area contributed by atoms with Crippen LogP contribution in [0.3, 0.4) is 0 Å². The van der Waals surface area contributed by atoms with Crippen molar-refractivity contribution < 1.29 is 24.3 Å². The number of aliphatic carboxylic acids is 1. The van der Waals surface area contributed by atoms with Gasteiger partial charge in [0.05, 0.1) is 6.04 Å². The van der Waals surface area contributed by atoms with E-state index in [1.807, 2.05) is 24.3 Å². The standard InChI is InChI=1S/C20H27N5O5S2/c1-10(21)17(26)24-15(8-31)19(28)25-16(9-32)18(27)23-14(20(29)30)6-11-7-22-13-5-3-2-4-12(11)13/h2-5,7,10,14-16,22,31-32H,6,8-9,21H2,1H3,(H,23,27)(H,24,26)(H,25,28)(H,29,30). The first-order valence-electron chi connectivity index (χ1n) is 9.84. The maximum atomic E-state index is 12.7. The van der Waals surface area contributed by atoms with Crippen molar-refractivity contribution in [2.45, 2.75) is 37.5 Å². The molecule has 0 saturated carbocycles. The Morgan fingerprint density at radius 2 is 1.50 bits per heavy atom. The number of fused-ring (bicyclic) bond motifs is 1. The molecule has 4 unspecified atom stereocenters. The molecule has 0 aliphatic rings. The van der Waals surface area contributed by atoms with E-state index in [2.05, 4.69) is 46.2 Å². The van der Waals surface area contributed by atoms with E-state index in [9.17, 15) is 24.3 Å². The van der Waals surface area contributed by atoms with Crippen LogP contribution >= 0.6 is 25.3 Å². The topological polar surface area (TPSA) is 166 Å². The van der Waals surface area contributed by atoms with E-state index in [0.29, 0.717) is 0 Å². The van der Waals surface area contributed by atoms with Crippen molar-refractivity contribution in [1.82, 2.24) is 20.9 Å². The molecule has 1 heterocycles. The van der Waals surface area contributed by atoms with Crippen LogP contribution in [-0.2, 0) is 25.6 Å². The van der Waals surface area contributed by atoms with Gasteiger partial charge in [-0.2, -0.15) is 25.3 Å². The van der Waals surface area contributed by atoms with E-state index < -0.39 is 47.9 Å². The van der Waals surface area contributed by atoms with Gasteiger partial charge in [-0.1, -0.05) is 18.2 Å². The maximum absolute atomic E-state index is 12.7. The van der Waals surface area contributed by atoms with Crippen molar-refractivity contribution >= 4 is 59.9 Å². The van der Waals surface area contributed by atoms with Crippen molar-refractivity contribution in [3.8, 4) is 0 Å². The molecule has 4 atom stereocenters. The number of nitrogens with two attached hydrogens (primary N) is 1. The van der Waals surface area contributed by atoms with Crippen LogP contribution < -0.4 is 21.7 Å². The monoisotopic (exact) mass is 481 g/mol. The molecule has 0 aliphatic heterocycles. The molecule has 10 nitrogen and oxygen atoms in total. The third kappa shape index (κ3) is 6.65. The van der Waals surface area contributed by atoms with Gasteiger partial charge < -0.3 is 31.8 Å². The van der Waals surface area contributed by atoms with Crippen LogP contribution in [0.25, 0.3) is 10.9 Å². The summed E-state index contributed by atoms with van der Waals surface area (Å²) in [6, 6.07) is 3.22. The number of thiol groups is 2. The summed E-state index contributed by atoms with van der Waals surface area (Å²) in [4.78, 5) is 51.8. The van der Waals surface area contributed by atoms with Crippen molar-refractivity contribution in [2.75, 3.05) is 11.5 Å². The number of H-pyrrole nitrogens is 1. The molecule has 1 aromatic heterocycles. The number of carbonyl (C=O) groups is 4. The Labute approximate surface area is 195 Å². The summed E-state index contributed by atoms with van der Waals surface area (Å²) in [5.41, 5.74) is 7.07. The lowest BCUT2D eigenvalue weighted by Crippen LogP contribution is -2.58. The number of aromatic amines is 1. The van der Waals surface area contributed by atoms with Crippen LogP contribution in [0.4, 0.5) is 0 Å². The van der Waals surface area contributed by atoms with E-state index >= 15 is 0 Å². The maximum Gasteiger partial charge on any atom is 0.326 e. The minimum Gasteiger partial charge on any atom is -0.480 e. The summed E-state index contributed by atoms with van der Waals surface area (Å²) < 4.78 is 0. The fourth-order valence-electron chi connectivity index (χ4n) is 2.96. The Hall–Kier alpha value is -2.70. The molecular weight excluding hydrogens is 454 g/mol. The Morgan fingerprint density at radius 3 is 2.03 bits per heavy atom. The van der Waals surface area contributed by atoms with Crippen LogP contribution in [0, 0.1) is 0 Å². The van der Waals surface area contributed by atoms with Crippen LogP contribution in [0.2, 0.25) is 0 Å². The summed E-state index contributed by atoms with van der Waals surface area (Å²) in [5.74, 6) is -3.24. The summed E-state index contributed by atoms with van der Waals surface area (Å²) in [6.45, 7) is 1.46. The second-order valence-corrected chi connectivity index (χ2v) is 7.97. The molecule has 1 aromatic carbocycles. The van der Waals surface area contributed by atoms with E-state index in [1.165, 1.54) is 6.92 Å². The highest BCUT2D eigenvalue weighted by Gasteiger charge is 2.29. The Balaban J connectivity index is 2.06. The van der Waals surface area contributed by atoms with Crippen molar-refractivity contribution in [2.24, 2.45) is 5.73 Å². The number of benzene rings is 1. The van der Waals surface area contributed by atoms with Crippen molar-refractivity contribution in [1.29, 1.82) is 0 Å². The van der Waals surface area contributed by atoms with Gasteiger partial charge in [-0.05, 0) is 18.6 Å². The lowest BCUT2D eigenvalue weighted by Gasteiger charge is -2.23. The zero-order chi connectivity index (χ0) is 23.8. The van der Waals surface area contributed by atoms with Gasteiger partial charge in [-0.3, -0.25) is 14.4 Å². The van der Waals surface area contributed by atoms with Gasteiger partial charge in [-0.15, -0.1) is 0 Å². The second kappa shape index (κ2) is 11.8. The number of aromatic nitrogens is 1. The predicted octanol–water partition coefficient (Wildman–Crippen LogP) is -0.544. The molecule has 0 spiro atoms. The molecule has 174 valence electrons. The van der Waals surface area contributed by atoms with Gasteiger partial charge in [0.25, 0.3) is 0 Å². The number of rotatable bonds is 11. The molecule has 3 amide bonds. The minimum absolute atomic E-state index is 0.0243. The first-order chi connectivity index (χ1) is 15.2. The van der Waals surface area contributed by atoms with Gasteiger partial charge in [-0.25, -0.2) is 4.79 Å². The number of amides is 3. The summed E-state index contributed by atoms with van der Waals surface area (Å²) >= 11 is 8.13. The van der Waals surface area contributed by atoms with Gasteiger partial charge in [0.2, 0.25) is 17.7 Å². The number of nitrogens with one attached hydrogen (secondary N) is 4. The van der Waals surface area contributed by atoms with E-state index in [-0.39, 0.29) is 17.9 Å². The number of carboxylic acid groups (broad SMARTS) is 1. The number of carboxylic acids is 1. The molecule has 0 radical (unpaired) electrons. The molecular formula is C20H27N5O5S2. The Kier molecular flexibility index (Phi) is 9.42. The number of carbonyl (C=O) groups excluding carboxylic acids is 3. The largest absolute Gasteiger partial charge is 0.480 e. The summed E-state index contributed by atoms with van der Waals surface area (Å²) in [6.07, 6.45) is 1.74. The third-order valence-corrected chi connectivity index (χ3v) is 5.49. The fourth-order valence-corrected chi connectivity index (χ4v) is 3.47. The zero-order valence-electron chi connectivity index (χ0n) is 17.4. The SMILES string of the molecule is CC(N)C(=O)NC(CS)C(=O)NC(CS)C(=O)NC(Cc1c[nH]c2ccccc12)C(=O)O. The molecule has 2 rings (SSSR count). The number of para-hydroxylation sites is 1. The summed E-state index contributed by atoms with van der Waals surface area (Å²) in [7, 11) is 0. The highest BCUT2D eigenvalue weighted by molar-refractivity contribution is 7.80. The predicted molar refractivity (Wildman–Crippen MR) is 127 cm³/mol. The Bertz CT molecular complexity index is 980. The highest BCUT2D eigenvalue weighted by Crippen LogP contribution is 2.19. The lowest BCUT2D eigenvalue weighted by molar-refractivity contribution is -0.142. The van der Waals surface area contributed by atoms with Gasteiger partial charge in [0, 0.05) is 35.0 Å². The second-order valence-electron chi connectivity index (χ2n) is 7.24. The molecule has 2 aromatic rings. The first-order valence-corrected chi connectivity index (χ1v) is 11.1. The fraction of sp³-hybridized carbons (Fsp3) is 0.400. The Morgan fingerprint density at radius 1 is 0.969 bits per heavy atom. The average molecular weight is 482 g/mol. The van der Waals surface area contributed by atoms with E-state index in [1.54, 1.807) is 6.20 Å². The molecule has 0 saturated heterocycles. The third-order valence-electron chi connectivity index (χ3n) is 4.76. The quantitative estimate of drug-likeness (QED) is 0.201. The van der Waals surface area contributed by atoms with Crippen molar-refractivity contribution in [3.63, 3.8) is 0 Å². The minimum atomic E-state index is -1.22. The molecule has 0 aliphatic carbocycles. The van der Waals surface area contributed by atoms with Crippen LogP contribution in [0.1, 0.15) is 12.5 Å². The normalized spacial score (nSPS) is 14.8. The van der Waals surface area contributed by atoms with Crippen LogP contribution in [-0.4, -0.2) is 69.5 Å². The molecule has 0 bridgehead atoms. The van der Waals surface area contributed by atoms with Crippen LogP contribution in [0.5, 0.6) is 0 Å². The molecule has 7 N–H and O–H groups in total. The van der Waals surface area contributed by atoms with Gasteiger partial charge in [0.15, 0.2) is 0 Å².